The Hall–Kier alpha value is -3.16. The lowest BCUT2D eigenvalue weighted by Gasteiger charge is -2.42. The fourth-order valence-electron chi connectivity index (χ4n) is 5.39. The molecule has 0 amide bonds. The van der Waals surface area contributed by atoms with Gasteiger partial charge in [0.05, 0.1) is 23.8 Å². The molecule has 0 spiro atoms. The van der Waals surface area contributed by atoms with Crippen LogP contribution in [0.3, 0.4) is 0 Å². The van der Waals surface area contributed by atoms with Gasteiger partial charge < -0.3 is 25.4 Å². The van der Waals surface area contributed by atoms with Crippen LogP contribution in [0.2, 0.25) is 0 Å². The average molecular weight is 803 g/mol. The fraction of sp³-hybridized carbons (Fsp3) is 0.583. The first-order valence-electron chi connectivity index (χ1n) is 16.8. The van der Waals surface area contributed by atoms with Crippen LogP contribution in [0, 0.1) is 5.41 Å². The predicted molar refractivity (Wildman–Crippen MR) is 185 cm³/mol. The van der Waals surface area contributed by atoms with Crippen molar-refractivity contribution in [3.05, 3.63) is 48.0 Å². The van der Waals surface area contributed by atoms with E-state index in [0.29, 0.717) is 34.2 Å². The quantitative estimate of drug-likeness (QED) is 0.0353. The van der Waals surface area contributed by atoms with Gasteiger partial charge in [-0.05, 0) is 95.8 Å². The minimum Gasteiger partial charge on any atom is -0.496 e. The minimum absolute atomic E-state index is 0.00999. The van der Waals surface area contributed by atoms with Crippen LogP contribution >= 0.6 is 11.8 Å². The second-order valence-corrected chi connectivity index (χ2v) is 15.4. The van der Waals surface area contributed by atoms with Gasteiger partial charge in [0, 0.05) is 21.4 Å². The number of nitrogens with two attached hydrogens (primary N) is 2. The maximum Gasteiger partial charge on any atom is 0.496 e. The van der Waals surface area contributed by atoms with E-state index in [1.807, 2.05) is 18.2 Å². The smallest absolute Gasteiger partial charge is 0.496 e. The molecule has 18 heteroatoms. The molecule has 54 heavy (non-hydrogen) atoms. The molecule has 304 valence electrons. The SMILES string of the molecule is CCCCCc1ccc(-c2cc3ccc(SCC(F)(F)OC(F)(F)OC(F)(F)OC(F)(F)COC(=O)C(C)(C)C(C)(N)CC(C)(C)N)cc3o2)c(OC)c1. The Kier molecular flexibility index (Phi) is 14.2. The number of carbonyl (C=O) groups is 1. The highest BCUT2D eigenvalue weighted by Gasteiger charge is 2.57. The van der Waals surface area contributed by atoms with Crippen molar-refractivity contribution in [2.45, 2.75) is 114 Å². The summed E-state index contributed by atoms with van der Waals surface area (Å²) >= 11 is 0.299. The van der Waals surface area contributed by atoms with Crippen LogP contribution in [0.1, 0.15) is 72.8 Å². The molecule has 2 aromatic carbocycles. The number of fused-ring (bicyclic) bond motifs is 1. The number of hydrogen-bond donors (Lipinski definition) is 2. The largest absolute Gasteiger partial charge is 0.496 e. The van der Waals surface area contributed by atoms with Crippen molar-refractivity contribution in [1.82, 2.24) is 0 Å². The summed E-state index contributed by atoms with van der Waals surface area (Å²) in [6, 6.07) is 11.6. The number of methoxy groups -OCH3 is 1. The molecule has 9 nitrogen and oxygen atoms in total. The first-order valence-corrected chi connectivity index (χ1v) is 17.8. The summed E-state index contributed by atoms with van der Waals surface area (Å²) in [6.45, 7) is 6.92. The zero-order valence-corrected chi connectivity index (χ0v) is 31.8. The maximum atomic E-state index is 14.4. The van der Waals surface area contributed by atoms with E-state index in [9.17, 15) is 39.9 Å². The van der Waals surface area contributed by atoms with Gasteiger partial charge in [0.15, 0.2) is 6.61 Å². The molecule has 0 saturated carbocycles. The van der Waals surface area contributed by atoms with Crippen LogP contribution in [0.25, 0.3) is 22.3 Å². The summed E-state index contributed by atoms with van der Waals surface area (Å²) in [4.78, 5) is 12.7. The number of carbonyl (C=O) groups excluding carboxylic acids is 1. The molecule has 3 aromatic rings. The van der Waals surface area contributed by atoms with Gasteiger partial charge in [0.25, 0.3) is 0 Å². The molecule has 0 aliphatic carbocycles. The summed E-state index contributed by atoms with van der Waals surface area (Å²) in [6.07, 6.45) is -17.7. The van der Waals surface area contributed by atoms with E-state index in [1.165, 1.54) is 46.1 Å². The number of benzene rings is 2. The Morgan fingerprint density at radius 1 is 0.815 bits per heavy atom. The lowest BCUT2D eigenvalue weighted by Crippen LogP contribution is -2.59. The molecule has 0 aliphatic heterocycles. The zero-order chi connectivity index (χ0) is 41.0. The molecule has 1 atom stereocenters. The summed E-state index contributed by atoms with van der Waals surface area (Å²) < 4.78 is 138. The van der Waals surface area contributed by atoms with E-state index in [0.717, 1.165) is 31.2 Å². The van der Waals surface area contributed by atoms with Crippen molar-refractivity contribution in [1.29, 1.82) is 0 Å². The number of esters is 1. The topological polar surface area (TPSA) is 128 Å². The van der Waals surface area contributed by atoms with E-state index in [4.69, 9.17) is 20.6 Å². The molecule has 3 rings (SSSR count). The van der Waals surface area contributed by atoms with Crippen molar-refractivity contribution in [3.8, 4) is 17.1 Å². The van der Waals surface area contributed by atoms with Crippen molar-refractivity contribution < 1.29 is 68.0 Å². The lowest BCUT2D eigenvalue weighted by atomic mass is 9.68. The number of alkyl halides is 8. The van der Waals surface area contributed by atoms with Crippen LogP contribution in [-0.2, 0) is 30.2 Å². The number of thioether (sulfide) groups is 1. The summed E-state index contributed by atoms with van der Waals surface area (Å²) in [7, 11) is 1.51. The van der Waals surface area contributed by atoms with E-state index in [1.54, 1.807) is 19.9 Å². The molecule has 4 N–H and O–H groups in total. The van der Waals surface area contributed by atoms with Crippen LogP contribution in [-0.4, -0.2) is 61.3 Å². The van der Waals surface area contributed by atoms with Crippen LogP contribution < -0.4 is 16.2 Å². The monoisotopic (exact) mass is 802 g/mol. The Balaban J connectivity index is 1.60. The van der Waals surface area contributed by atoms with Gasteiger partial charge in [-0.15, -0.1) is 29.3 Å². The van der Waals surface area contributed by atoms with Gasteiger partial charge in [-0.25, -0.2) is 14.2 Å². The molecule has 0 aliphatic rings. The molecule has 0 bridgehead atoms. The average Bonchev–Trinajstić information content (AvgIpc) is 3.43. The van der Waals surface area contributed by atoms with E-state index < -0.39 is 59.6 Å². The maximum absolute atomic E-state index is 14.4. The number of ether oxygens (including phenoxy) is 5. The van der Waals surface area contributed by atoms with Crippen LogP contribution in [0.5, 0.6) is 5.75 Å². The summed E-state index contributed by atoms with van der Waals surface area (Å²) in [5.74, 6) is -1.96. The van der Waals surface area contributed by atoms with E-state index in [-0.39, 0.29) is 16.9 Å². The van der Waals surface area contributed by atoms with Crippen LogP contribution in [0.15, 0.2) is 51.8 Å². The molecule has 0 saturated heterocycles. The number of furan rings is 1. The fourth-order valence-corrected chi connectivity index (χ4v) is 6.14. The van der Waals surface area contributed by atoms with Gasteiger partial charge in [-0.1, -0.05) is 25.8 Å². The standard InChI is InChI=1S/C36H46F8N2O7S/c1-8-9-10-11-22-12-15-25(27(16-22)48-7)28-17-23-13-14-24(18-26(23)50-28)54-21-34(39,40)52-36(43,44)53-35(41,42)51-33(37,38)20-49-29(47)31(4,5)32(6,46)19-30(2,3)45/h12-18H,8-11,19-21,45-46H2,1-7H3. The molecule has 1 unspecified atom stereocenters. The van der Waals surface area contributed by atoms with Crippen molar-refractivity contribution in [2.75, 3.05) is 19.5 Å². The Morgan fingerprint density at radius 3 is 2.04 bits per heavy atom. The number of aryl methyl sites for hydroxylation is 1. The molecular weight excluding hydrogens is 756 g/mol. The number of unbranched alkanes of at least 4 members (excludes halogenated alkanes) is 2. The highest BCUT2D eigenvalue weighted by atomic mass is 32.2. The molecule has 1 aromatic heterocycles. The summed E-state index contributed by atoms with van der Waals surface area (Å²) in [5, 5.41) is 0.581. The molecule has 0 radical (unpaired) electrons. The summed E-state index contributed by atoms with van der Waals surface area (Å²) in [5.41, 5.74) is 9.99. The first kappa shape index (κ1) is 45.2. The predicted octanol–water partition coefficient (Wildman–Crippen LogP) is 9.68. The Labute approximate surface area is 312 Å². The third kappa shape index (κ3) is 13.0. The van der Waals surface area contributed by atoms with Crippen molar-refractivity contribution >= 4 is 28.7 Å². The second kappa shape index (κ2) is 16.9. The van der Waals surface area contributed by atoms with Gasteiger partial charge in [0.1, 0.15) is 17.1 Å². The van der Waals surface area contributed by atoms with E-state index >= 15 is 0 Å². The molecule has 0 fully saturated rings. The third-order valence-electron chi connectivity index (χ3n) is 8.40. The van der Waals surface area contributed by atoms with Gasteiger partial charge >= 0.3 is 30.8 Å². The Bertz CT molecular complexity index is 1730. The highest BCUT2D eigenvalue weighted by Crippen LogP contribution is 2.41. The third-order valence-corrected chi connectivity index (χ3v) is 9.47. The number of rotatable bonds is 21. The van der Waals surface area contributed by atoms with Gasteiger partial charge in [0.2, 0.25) is 0 Å². The van der Waals surface area contributed by atoms with Gasteiger partial charge in [-0.2, -0.15) is 17.6 Å². The highest BCUT2D eigenvalue weighted by molar-refractivity contribution is 7.99. The zero-order valence-electron chi connectivity index (χ0n) is 30.9. The number of hydrogen-bond acceptors (Lipinski definition) is 10. The second-order valence-electron chi connectivity index (χ2n) is 14.4. The van der Waals surface area contributed by atoms with Crippen molar-refractivity contribution in [3.63, 3.8) is 0 Å². The first-order chi connectivity index (χ1) is 24.6. The normalized spacial score (nSPS) is 14.7. The number of halogens is 8. The lowest BCUT2D eigenvalue weighted by molar-refractivity contribution is -0.572. The van der Waals surface area contributed by atoms with Crippen molar-refractivity contribution in [2.24, 2.45) is 16.9 Å². The van der Waals surface area contributed by atoms with Gasteiger partial charge in [-0.3, -0.25) is 4.79 Å². The molecular formula is C36H46F8N2O7S. The van der Waals surface area contributed by atoms with E-state index in [2.05, 4.69) is 25.9 Å². The minimum atomic E-state index is -5.91. The molecule has 1 heterocycles. The Morgan fingerprint density at radius 2 is 1.44 bits per heavy atom. The van der Waals surface area contributed by atoms with Crippen LogP contribution in [0.4, 0.5) is 35.1 Å².